The van der Waals surface area contributed by atoms with Crippen molar-refractivity contribution in [1.82, 2.24) is 5.43 Å². The number of nitrogens with zero attached hydrogens (tertiary/aromatic N) is 1. The quantitative estimate of drug-likeness (QED) is 0.449. The van der Waals surface area contributed by atoms with E-state index in [9.17, 15) is 4.79 Å². The van der Waals surface area contributed by atoms with E-state index in [1.165, 1.54) is 0 Å². The van der Waals surface area contributed by atoms with Gasteiger partial charge in [-0.15, -0.1) is 0 Å². The van der Waals surface area contributed by atoms with Crippen molar-refractivity contribution in [3.05, 3.63) is 63.2 Å². The Kier molecular flexibility index (Phi) is 6.39. The summed E-state index contributed by atoms with van der Waals surface area (Å²) in [7, 11) is 0. The van der Waals surface area contributed by atoms with E-state index in [2.05, 4.69) is 40.0 Å². The largest absolute Gasteiger partial charge is 0.494 e. The summed E-state index contributed by atoms with van der Waals surface area (Å²) in [6.45, 7) is 2.77. The van der Waals surface area contributed by atoms with Gasteiger partial charge in [0.25, 0.3) is 5.91 Å². The van der Waals surface area contributed by atoms with Gasteiger partial charge < -0.3 is 4.74 Å². The van der Waals surface area contributed by atoms with Gasteiger partial charge in [-0.25, -0.2) is 5.43 Å². The summed E-state index contributed by atoms with van der Waals surface area (Å²) in [5.74, 6) is 0.609. The lowest BCUT2D eigenvalue weighted by atomic mass is 10.2. The number of hydrogen-bond donors (Lipinski definition) is 1. The number of carbonyl (C=O) groups is 1. The summed E-state index contributed by atoms with van der Waals surface area (Å²) in [6.07, 6.45) is 2.59. The smallest absolute Gasteiger partial charge is 0.271 e. The molecule has 0 fully saturated rings. The van der Waals surface area contributed by atoms with Crippen LogP contribution in [0.4, 0.5) is 0 Å². The van der Waals surface area contributed by atoms with Gasteiger partial charge in [-0.3, -0.25) is 4.79 Å². The van der Waals surface area contributed by atoms with Gasteiger partial charge >= 0.3 is 0 Å². The molecule has 1 N–H and O–H groups in total. The first kappa shape index (κ1) is 16.5. The normalized spacial score (nSPS) is 10.6. The van der Waals surface area contributed by atoms with Gasteiger partial charge in [0.2, 0.25) is 0 Å². The Morgan fingerprint density at radius 1 is 1.18 bits per heavy atom. The van der Waals surface area contributed by atoms with E-state index >= 15 is 0 Å². The average Bonchev–Trinajstić information content (AvgIpc) is 2.54. The molecule has 0 spiro atoms. The van der Waals surface area contributed by atoms with Crippen LogP contribution < -0.4 is 10.2 Å². The number of amides is 1. The van der Waals surface area contributed by atoms with Gasteiger partial charge in [0.05, 0.1) is 12.8 Å². The van der Waals surface area contributed by atoms with Crippen LogP contribution >= 0.6 is 22.6 Å². The maximum Gasteiger partial charge on any atom is 0.271 e. The zero-order chi connectivity index (χ0) is 15.8. The summed E-state index contributed by atoms with van der Waals surface area (Å²) in [6, 6.07) is 14.9. The molecule has 0 saturated carbocycles. The van der Waals surface area contributed by atoms with Crippen LogP contribution in [0.25, 0.3) is 0 Å². The summed E-state index contributed by atoms with van der Waals surface area (Å²) in [5.41, 5.74) is 3.99. The Morgan fingerprint density at radius 3 is 2.50 bits per heavy atom. The van der Waals surface area contributed by atoms with Crippen molar-refractivity contribution >= 4 is 34.7 Å². The Balaban J connectivity index is 1.89. The Morgan fingerprint density at radius 2 is 1.86 bits per heavy atom. The molecule has 0 atom stereocenters. The minimum absolute atomic E-state index is 0.226. The highest BCUT2D eigenvalue weighted by molar-refractivity contribution is 14.1. The van der Waals surface area contributed by atoms with Gasteiger partial charge in [-0.1, -0.05) is 6.92 Å². The summed E-state index contributed by atoms with van der Waals surface area (Å²) >= 11 is 2.20. The predicted molar refractivity (Wildman–Crippen MR) is 96.4 cm³/mol. The van der Waals surface area contributed by atoms with Crippen molar-refractivity contribution < 1.29 is 9.53 Å². The lowest BCUT2D eigenvalue weighted by molar-refractivity contribution is 0.0955. The molecular formula is C17H17IN2O2. The molecule has 1 amide bonds. The molecule has 0 unspecified atom stereocenters. The van der Waals surface area contributed by atoms with Crippen molar-refractivity contribution in [2.24, 2.45) is 5.10 Å². The molecule has 2 aromatic rings. The highest BCUT2D eigenvalue weighted by Gasteiger charge is 2.02. The number of benzene rings is 2. The molecule has 114 valence electrons. The van der Waals surface area contributed by atoms with Crippen LogP contribution in [0.2, 0.25) is 0 Å². The number of nitrogens with one attached hydrogen (secondary N) is 1. The third-order valence-electron chi connectivity index (χ3n) is 2.84. The van der Waals surface area contributed by atoms with Crippen molar-refractivity contribution in [2.45, 2.75) is 13.3 Å². The van der Waals surface area contributed by atoms with Crippen LogP contribution in [0.1, 0.15) is 29.3 Å². The van der Waals surface area contributed by atoms with Crippen LogP contribution in [0.5, 0.6) is 5.75 Å². The van der Waals surface area contributed by atoms with E-state index in [0.29, 0.717) is 12.2 Å². The minimum atomic E-state index is -0.226. The molecule has 2 aromatic carbocycles. The first-order valence-corrected chi connectivity index (χ1v) is 8.08. The zero-order valence-corrected chi connectivity index (χ0v) is 14.4. The molecule has 22 heavy (non-hydrogen) atoms. The monoisotopic (exact) mass is 408 g/mol. The molecule has 0 aromatic heterocycles. The molecular weight excluding hydrogens is 391 g/mol. The van der Waals surface area contributed by atoms with E-state index in [0.717, 1.165) is 21.3 Å². The summed E-state index contributed by atoms with van der Waals surface area (Å²) in [5, 5.41) is 3.96. The molecule has 4 nitrogen and oxygen atoms in total. The predicted octanol–water partition coefficient (Wildman–Crippen LogP) is 3.84. The van der Waals surface area contributed by atoms with Crippen molar-refractivity contribution in [1.29, 1.82) is 0 Å². The molecule has 0 heterocycles. The fourth-order valence-electron chi connectivity index (χ4n) is 1.70. The third-order valence-corrected chi connectivity index (χ3v) is 3.56. The zero-order valence-electron chi connectivity index (χ0n) is 12.3. The molecule has 5 heteroatoms. The Labute approximate surface area is 143 Å². The van der Waals surface area contributed by atoms with Crippen molar-refractivity contribution in [3.8, 4) is 5.75 Å². The van der Waals surface area contributed by atoms with E-state index < -0.39 is 0 Å². The number of carbonyl (C=O) groups excluding carboxylic acids is 1. The van der Waals surface area contributed by atoms with Crippen LogP contribution in [-0.2, 0) is 0 Å². The summed E-state index contributed by atoms with van der Waals surface area (Å²) < 4.78 is 6.59. The molecule has 0 saturated heterocycles. The lowest BCUT2D eigenvalue weighted by Crippen LogP contribution is -2.17. The van der Waals surface area contributed by atoms with Crippen molar-refractivity contribution in [2.75, 3.05) is 6.61 Å². The number of hydrogen-bond acceptors (Lipinski definition) is 3. The SMILES string of the molecule is CCCOc1ccc(/C=N\NC(=O)c2ccc(I)cc2)cc1. The molecule has 0 aliphatic carbocycles. The second-order valence-electron chi connectivity index (χ2n) is 4.62. The second kappa shape index (κ2) is 8.53. The van der Waals surface area contributed by atoms with Gasteiger partial charge in [-0.05, 0) is 83.1 Å². The van der Waals surface area contributed by atoms with Gasteiger partial charge in [0.15, 0.2) is 0 Å². The number of hydrazone groups is 1. The number of ether oxygens (including phenoxy) is 1. The second-order valence-corrected chi connectivity index (χ2v) is 5.87. The average molecular weight is 408 g/mol. The Bertz CT molecular complexity index is 637. The van der Waals surface area contributed by atoms with E-state index in [1.54, 1.807) is 18.3 Å². The van der Waals surface area contributed by atoms with Gasteiger partial charge in [0, 0.05) is 9.13 Å². The van der Waals surface area contributed by atoms with E-state index in [4.69, 9.17) is 4.74 Å². The third kappa shape index (κ3) is 5.14. The molecule has 0 bridgehead atoms. The van der Waals surface area contributed by atoms with Gasteiger partial charge in [-0.2, -0.15) is 5.10 Å². The maximum absolute atomic E-state index is 11.9. The molecule has 0 radical (unpaired) electrons. The lowest BCUT2D eigenvalue weighted by Gasteiger charge is -2.04. The van der Waals surface area contributed by atoms with Gasteiger partial charge in [0.1, 0.15) is 5.75 Å². The van der Waals surface area contributed by atoms with E-state index in [1.807, 2.05) is 36.4 Å². The van der Waals surface area contributed by atoms with Crippen molar-refractivity contribution in [3.63, 3.8) is 0 Å². The van der Waals surface area contributed by atoms with Crippen LogP contribution in [0.3, 0.4) is 0 Å². The highest BCUT2D eigenvalue weighted by Crippen LogP contribution is 2.11. The van der Waals surface area contributed by atoms with Crippen LogP contribution in [0, 0.1) is 3.57 Å². The fourth-order valence-corrected chi connectivity index (χ4v) is 2.06. The first-order valence-electron chi connectivity index (χ1n) is 7.01. The first-order chi connectivity index (χ1) is 10.7. The van der Waals surface area contributed by atoms with Crippen LogP contribution in [0.15, 0.2) is 53.6 Å². The minimum Gasteiger partial charge on any atom is -0.494 e. The maximum atomic E-state index is 11.9. The molecule has 2 rings (SSSR count). The summed E-state index contributed by atoms with van der Waals surface area (Å²) in [4.78, 5) is 11.9. The highest BCUT2D eigenvalue weighted by atomic mass is 127. The Hall–Kier alpha value is -1.89. The molecule has 0 aliphatic heterocycles. The van der Waals surface area contributed by atoms with E-state index in [-0.39, 0.29) is 5.91 Å². The standard InChI is InChI=1S/C17H17IN2O2/c1-2-11-22-16-9-3-13(4-10-16)12-19-20-17(21)14-5-7-15(18)8-6-14/h3-10,12H,2,11H2,1H3,(H,20,21)/b19-12-. The topological polar surface area (TPSA) is 50.7 Å². The fraction of sp³-hybridized carbons (Fsp3) is 0.176. The number of rotatable bonds is 6. The molecule has 0 aliphatic rings. The number of halogens is 1. The van der Waals surface area contributed by atoms with Crippen LogP contribution in [-0.4, -0.2) is 18.7 Å².